The van der Waals surface area contributed by atoms with Crippen LogP contribution in [0.2, 0.25) is 0 Å². The van der Waals surface area contributed by atoms with Crippen LogP contribution in [0.5, 0.6) is 5.75 Å². The molecule has 3 rings (SSSR count). The molecule has 224 valence electrons. The van der Waals surface area contributed by atoms with E-state index in [4.69, 9.17) is 9.84 Å². The lowest BCUT2D eigenvalue weighted by Crippen LogP contribution is -2.28. The summed E-state index contributed by atoms with van der Waals surface area (Å²) in [7, 11) is 2.79. The molecule has 0 saturated carbocycles. The Labute approximate surface area is 244 Å². The molecule has 0 spiro atoms. The second kappa shape index (κ2) is 14.2. The fourth-order valence-corrected chi connectivity index (χ4v) is 5.04. The number of carboxylic acids is 1. The molecule has 2 aromatic carbocycles. The standard InChI is InChI=1S/C29H29F4N3O5S/c1-17-10-23(22-8-7-20(30)14-25(22)41-3)24(15-34-17)36(2)28(40)18-11-19(29(31,32)33)13-21(12-18)42-9-5-4-6-26(37)35-16-27(38)39/h7-8,10-15H,4-6,9,16H2,1-3H3,(H,35,37)(H,38,39). The number of rotatable bonds is 12. The largest absolute Gasteiger partial charge is 0.496 e. The van der Waals surface area contributed by atoms with Gasteiger partial charge in [-0.3, -0.25) is 19.4 Å². The second-order valence-corrected chi connectivity index (χ2v) is 10.4. The summed E-state index contributed by atoms with van der Waals surface area (Å²) in [5.74, 6) is -2.26. The summed E-state index contributed by atoms with van der Waals surface area (Å²) in [5, 5.41) is 10.8. The van der Waals surface area contributed by atoms with Gasteiger partial charge in [0.25, 0.3) is 5.91 Å². The molecule has 2 amide bonds. The number of aryl methyl sites for hydroxylation is 1. The number of anilines is 1. The highest BCUT2D eigenvalue weighted by Crippen LogP contribution is 2.38. The van der Waals surface area contributed by atoms with Crippen molar-refractivity contribution in [3.63, 3.8) is 0 Å². The SMILES string of the molecule is COc1cc(F)ccc1-c1cc(C)ncc1N(C)C(=O)c1cc(SCCCCC(=O)NCC(=O)O)cc(C(F)(F)F)c1. The fourth-order valence-electron chi connectivity index (χ4n) is 4.04. The van der Waals surface area contributed by atoms with E-state index >= 15 is 0 Å². The molecule has 0 aliphatic rings. The number of carbonyl (C=O) groups excluding carboxylic acids is 2. The number of ether oxygens (including phenoxy) is 1. The third-order valence-electron chi connectivity index (χ3n) is 6.12. The summed E-state index contributed by atoms with van der Waals surface area (Å²) in [5.41, 5.74) is 0.641. The predicted octanol–water partition coefficient (Wildman–Crippen LogP) is 5.96. The van der Waals surface area contributed by atoms with Crippen molar-refractivity contribution in [3.05, 3.63) is 71.3 Å². The molecule has 2 N–H and O–H groups in total. The zero-order valence-electron chi connectivity index (χ0n) is 23.0. The third kappa shape index (κ3) is 8.68. The van der Waals surface area contributed by atoms with Crippen molar-refractivity contribution in [3.8, 4) is 16.9 Å². The molecule has 0 bridgehead atoms. The van der Waals surface area contributed by atoms with Crippen LogP contribution >= 0.6 is 11.8 Å². The maximum atomic E-state index is 13.8. The van der Waals surface area contributed by atoms with Crippen LogP contribution in [0.3, 0.4) is 0 Å². The monoisotopic (exact) mass is 607 g/mol. The summed E-state index contributed by atoms with van der Waals surface area (Å²) in [4.78, 5) is 41.4. The second-order valence-electron chi connectivity index (χ2n) is 9.27. The Balaban J connectivity index is 1.84. The van der Waals surface area contributed by atoms with Crippen LogP contribution in [0.25, 0.3) is 11.1 Å². The Hall–Kier alpha value is -4.13. The molecule has 0 unspecified atom stereocenters. The number of carbonyl (C=O) groups is 3. The van der Waals surface area contributed by atoms with Gasteiger partial charge >= 0.3 is 12.1 Å². The first-order valence-electron chi connectivity index (χ1n) is 12.7. The molecule has 0 aliphatic heterocycles. The van der Waals surface area contributed by atoms with Gasteiger partial charge in [0.15, 0.2) is 0 Å². The predicted molar refractivity (Wildman–Crippen MR) is 150 cm³/mol. The summed E-state index contributed by atoms with van der Waals surface area (Å²) >= 11 is 1.11. The molecule has 0 radical (unpaired) electrons. The summed E-state index contributed by atoms with van der Waals surface area (Å²) in [6.07, 6.45) is -2.33. The number of halogens is 4. The smallest absolute Gasteiger partial charge is 0.416 e. The van der Waals surface area contributed by atoms with Crippen molar-refractivity contribution < 1.29 is 41.8 Å². The number of nitrogens with one attached hydrogen (secondary N) is 1. The number of nitrogens with zero attached hydrogens (tertiary/aromatic N) is 2. The Morgan fingerprint density at radius 1 is 1.07 bits per heavy atom. The Morgan fingerprint density at radius 3 is 2.48 bits per heavy atom. The number of benzene rings is 2. The van der Waals surface area contributed by atoms with Gasteiger partial charge in [-0.2, -0.15) is 13.2 Å². The highest BCUT2D eigenvalue weighted by atomic mass is 32.2. The molecule has 42 heavy (non-hydrogen) atoms. The zero-order chi connectivity index (χ0) is 31.0. The Bertz CT molecular complexity index is 1470. The van der Waals surface area contributed by atoms with E-state index < -0.39 is 41.9 Å². The van der Waals surface area contributed by atoms with Crippen molar-refractivity contribution in [2.75, 3.05) is 31.4 Å². The number of hydrogen-bond acceptors (Lipinski definition) is 6. The van der Waals surface area contributed by atoms with E-state index in [1.165, 1.54) is 49.5 Å². The van der Waals surface area contributed by atoms with Gasteiger partial charge in [0.2, 0.25) is 5.91 Å². The first kappa shape index (κ1) is 32.4. The lowest BCUT2D eigenvalue weighted by Gasteiger charge is -2.23. The number of aliphatic carboxylic acids is 1. The van der Waals surface area contributed by atoms with Gasteiger partial charge in [0.05, 0.1) is 24.6 Å². The molecular weight excluding hydrogens is 578 g/mol. The van der Waals surface area contributed by atoms with Gasteiger partial charge in [-0.1, -0.05) is 0 Å². The van der Waals surface area contributed by atoms with E-state index in [1.54, 1.807) is 13.0 Å². The Morgan fingerprint density at radius 2 is 1.81 bits per heavy atom. The maximum Gasteiger partial charge on any atom is 0.416 e. The normalized spacial score (nSPS) is 11.2. The molecule has 1 aromatic heterocycles. The van der Waals surface area contributed by atoms with Crippen LogP contribution < -0.4 is 15.0 Å². The van der Waals surface area contributed by atoms with Gasteiger partial charge in [0, 0.05) is 46.8 Å². The number of thioether (sulfide) groups is 1. The average molecular weight is 608 g/mol. The van der Waals surface area contributed by atoms with Crippen molar-refractivity contribution in [1.82, 2.24) is 10.3 Å². The van der Waals surface area contributed by atoms with Gasteiger partial charge in [-0.25, -0.2) is 4.39 Å². The van der Waals surface area contributed by atoms with Crippen LogP contribution in [-0.4, -0.2) is 54.3 Å². The third-order valence-corrected chi connectivity index (χ3v) is 7.19. The highest BCUT2D eigenvalue weighted by Gasteiger charge is 2.32. The summed E-state index contributed by atoms with van der Waals surface area (Å²) in [6, 6.07) is 8.70. The number of pyridine rings is 1. The maximum absolute atomic E-state index is 13.8. The minimum atomic E-state index is -4.70. The zero-order valence-corrected chi connectivity index (χ0v) is 23.9. The quantitative estimate of drug-likeness (QED) is 0.149. The molecule has 0 atom stereocenters. The van der Waals surface area contributed by atoms with Crippen molar-refractivity contribution in [1.29, 1.82) is 0 Å². The first-order valence-corrected chi connectivity index (χ1v) is 13.7. The minimum Gasteiger partial charge on any atom is -0.496 e. The highest BCUT2D eigenvalue weighted by molar-refractivity contribution is 7.99. The summed E-state index contributed by atoms with van der Waals surface area (Å²) < 4.78 is 60.5. The molecule has 0 aliphatic carbocycles. The van der Waals surface area contributed by atoms with Crippen LogP contribution in [0.4, 0.5) is 23.2 Å². The average Bonchev–Trinajstić information content (AvgIpc) is 2.94. The lowest BCUT2D eigenvalue weighted by atomic mass is 10.0. The Kier molecular flexibility index (Phi) is 10.9. The van der Waals surface area contributed by atoms with E-state index in [2.05, 4.69) is 10.3 Å². The van der Waals surface area contributed by atoms with Gasteiger partial charge in [-0.15, -0.1) is 11.8 Å². The fraction of sp³-hybridized carbons (Fsp3) is 0.310. The van der Waals surface area contributed by atoms with E-state index in [-0.39, 0.29) is 28.3 Å². The molecule has 0 fully saturated rings. The van der Waals surface area contributed by atoms with Crippen molar-refractivity contribution in [2.45, 2.75) is 37.3 Å². The summed E-state index contributed by atoms with van der Waals surface area (Å²) in [6.45, 7) is 1.24. The van der Waals surface area contributed by atoms with Gasteiger partial charge < -0.3 is 20.1 Å². The first-order chi connectivity index (χ1) is 19.8. The van der Waals surface area contributed by atoms with Gasteiger partial charge in [0.1, 0.15) is 18.1 Å². The number of alkyl halides is 3. The van der Waals surface area contributed by atoms with E-state index in [0.717, 1.165) is 23.9 Å². The van der Waals surface area contributed by atoms with Crippen LogP contribution in [0.1, 0.15) is 40.9 Å². The number of hydrogen-bond donors (Lipinski definition) is 2. The lowest BCUT2D eigenvalue weighted by molar-refractivity contribution is -0.138. The number of aromatic nitrogens is 1. The van der Waals surface area contributed by atoms with Gasteiger partial charge in [-0.05, 0) is 61.9 Å². The molecule has 13 heteroatoms. The van der Waals surface area contributed by atoms with E-state index in [1.807, 2.05) is 0 Å². The van der Waals surface area contributed by atoms with Crippen LogP contribution in [0, 0.1) is 12.7 Å². The van der Waals surface area contributed by atoms with Crippen molar-refractivity contribution in [2.24, 2.45) is 0 Å². The minimum absolute atomic E-state index is 0.0801. The number of carboxylic acid groups (broad SMARTS) is 1. The topological polar surface area (TPSA) is 109 Å². The molecule has 1 heterocycles. The van der Waals surface area contributed by atoms with E-state index in [0.29, 0.717) is 35.4 Å². The van der Waals surface area contributed by atoms with E-state index in [9.17, 15) is 31.9 Å². The molecular formula is C29H29F4N3O5S. The molecule has 3 aromatic rings. The number of unbranched alkanes of at least 4 members (excludes halogenated alkanes) is 1. The number of methoxy groups -OCH3 is 1. The molecule has 0 saturated heterocycles. The molecule has 8 nitrogen and oxygen atoms in total. The van der Waals surface area contributed by atoms with Crippen LogP contribution in [-0.2, 0) is 15.8 Å². The van der Waals surface area contributed by atoms with Crippen LogP contribution in [0.15, 0.2) is 53.6 Å². The van der Waals surface area contributed by atoms with Crippen molar-refractivity contribution >= 4 is 35.2 Å². The number of amides is 2.